The van der Waals surface area contributed by atoms with Crippen molar-refractivity contribution in [3.05, 3.63) is 166 Å². The molecule has 0 bridgehead atoms. The van der Waals surface area contributed by atoms with Crippen molar-refractivity contribution in [2.24, 2.45) is 0 Å². The highest BCUT2D eigenvalue weighted by Crippen LogP contribution is 2.31. The number of carbonyl (C=O) groups excluding carboxylic acids is 2. The number of aromatic nitrogens is 1. The molecule has 11 nitrogen and oxygen atoms in total. The molecule has 0 aliphatic heterocycles. The quantitative estimate of drug-likeness (QED) is 0.0598. The van der Waals surface area contributed by atoms with E-state index >= 15 is 0 Å². The number of anilines is 1. The predicted octanol–water partition coefficient (Wildman–Crippen LogP) is 7.68. The van der Waals surface area contributed by atoms with Gasteiger partial charge in [0.2, 0.25) is 5.56 Å². The maximum atomic E-state index is 12.9. The van der Waals surface area contributed by atoms with Gasteiger partial charge in [0.15, 0.2) is 0 Å². The topological polar surface area (TPSA) is 145 Å². The van der Waals surface area contributed by atoms with Gasteiger partial charge >= 0.3 is 6.09 Å². The minimum atomic E-state index is -0.841. The van der Waals surface area contributed by atoms with E-state index in [9.17, 15) is 19.5 Å². The summed E-state index contributed by atoms with van der Waals surface area (Å²) >= 11 is 0. The molecule has 0 unspecified atom stereocenters. The number of nitrogens with zero attached hydrogens (tertiary/aromatic N) is 1. The molecular weight excluding hydrogens is 731 g/mol. The monoisotopic (exact) mass is 781 g/mol. The summed E-state index contributed by atoms with van der Waals surface area (Å²) in [6.07, 6.45) is -0.750. The lowest BCUT2D eigenvalue weighted by atomic mass is 10.0. The molecule has 5 aromatic carbocycles. The second kappa shape index (κ2) is 19.7. The van der Waals surface area contributed by atoms with Gasteiger partial charge < -0.3 is 35.1 Å². The number of rotatable bonds is 18. The number of H-pyrrole nitrogens is 1. The van der Waals surface area contributed by atoms with E-state index in [1.54, 1.807) is 24.3 Å². The fourth-order valence-corrected chi connectivity index (χ4v) is 6.56. The molecule has 5 N–H and O–H groups in total. The van der Waals surface area contributed by atoms with Crippen LogP contribution in [-0.2, 0) is 17.9 Å². The summed E-state index contributed by atoms with van der Waals surface area (Å²) in [5.74, 6) is 0.368. The molecular formula is C47H51N5O6. The van der Waals surface area contributed by atoms with E-state index in [1.165, 1.54) is 6.07 Å². The number of aliphatic hydroxyl groups excluding tert-OH is 1. The Morgan fingerprint density at radius 3 is 2.28 bits per heavy atom. The van der Waals surface area contributed by atoms with E-state index in [0.29, 0.717) is 72.7 Å². The first-order valence-electron chi connectivity index (χ1n) is 19.5. The van der Waals surface area contributed by atoms with Crippen molar-refractivity contribution in [3.63, 3.8) is 0 Å². The van der Waals surface area contributed by atoms with Gasteiger partial charge in [0.25, 0.3) is 5.91 Å². The molecule has 0 aliphatic rings. The molecule has 0 fully saturated rings. The predicted molar refractivity (Wildman–Crippen MR) is 229 cm³/mol. The van der Waals surface area contributed by atoms with Crippen LogP contribution in [0.3, 0.4) is 0 Å². The first kappa shape index (κ1) is 41.4. The summed E-state index contributed by atoms with van der Waals surface area (Å²) in [7, 11) is 1.97. The highest BCUT2D eigenvalue weighted by Gasteiger charge is 2.24. The Morgan fingerprint density at radius 2 is 1.52 bits per heavy atom. The largest absolute Gasteiger partial charge is 0.487 e. The third-order valence-corrected chi connectivity index (χ3v) is 9.86. The second-order valence-corrected chi connectivity index (χ2v) is 14.9. The van der Waals surface area contributed by atoms with E-state index in [2.05, 4.69) is 25.8 Å². The number of likely N-dealkylation sites (N-methyl/N-ethyl adjacent to an activating group) is 1. The molecule has 58 heavy (non-hydrogen) atoms. The number of para-hydroxylation sites is 1. The highest BCUT2D eigenvalue weighted by atomic mass is 16.6. The molecule has 1 aromatic heterocycles. The first-order chi connectivity index (χ1) is 28.0. The van der Waals surface area contributed by atoms with Crippen molar-refractivity contribution in [3.8, 4) is 16.9 Å². The molecule has 0 radical (unpaired) electrons. The third kappa shape index (κ3) is 11.6. The number of ether oxygens (including phenoxy) is 2. The van der Waals surface area contributed by atoms with Gasteiger partial charge in [0, 0.05) is 55.3 Å². The zero-order valence-electron chi connectivity index (χ0n) is 33.2. The van der Waals surface area contributed by atoms with Gasteiger partial charge in [-0.25, -0.2) is 4.79 Å². The highest BCUT2D eigenvalue weighted by molar-refractivity contribution is 5.94. The number of carbonyl (C=O) groups is 2. The van der Waals surface area contributed by atoms with Crippen LogP contribution in [-0.4, -0.2) is 65.8 Å². The number of amides is 2. The molecule has 0 spiro atoms. The zero-order valence-corrected chi connectivity index (χ0v) is 33.2. The number of hydrogen-bond acceptors (Lipinski definition) is 8. The molecule has 1 atom stereocenters. The fraction of sp³-hybridized carbons (Fsp3) is 0.255. The fourth-order valence-electron chi connectivity index (χ4n) is 6.56. The lowest BCUT2D eigenvalue weighted by molar-refractivity contribution is 0.0358. The van der Waals surface area contributed by atoms with Crippen molar-refractivity contribution in [2.75, 3.05) is 38.5 Å². The Bertz CT molecular complexity index is 2330. The first-order valence-corrected chi connectivity index (χ1v) is 19.5. The lowest BCUT2D eigenvalue weighted by Gasteiger charge is -2.28. The Hall–Kier alpha value is -6.27. The molecule has 0 aliphatic carbocycles. The van der Waals surface area contributed by atoms with E-state index in [-0.39, 0.29) is 18.0 Å². The number of aromatic amines is 1. The van der Waals surface area contributed by atoms with Gasteiger partial charge in [0.1, 0.15) is 18.0 Å². The summed E-state index contributed by atoms with van der Waals surface area (Å²) in [5, 5.41) is 21.0. The Labute approximate surface area is 339 Å². The molecule has 2 amide bonds. The summed E-state index contributed by atoms with van der Waals surface area (Å²) < 4.78 is 11.9. The van der Waals surface area contributed by atoms with Crippen LogP contribution in [0.25, 0.3) is 22.0 Å². The van der Waals surface area contributed by atoms with Crippen molar-refractivity contribution in [1.82, 2.24) is 20.5 Å². The van der Waals surface area contributed by atoms with Crippen LogP contribution in [0.1, 0.15) is 53.4 Å². The van der Waals surface area contributed by atoms with Gasteiger partial charge in [-0.05, 0) is 79.9 Å². The maximum absolute atomic E-state index is 12.9. The van der Waals surface area contributed by atoms with Crippen LogP contribution >= 0.6 is 0 Å². The SMILES string of the molecule is CN(CCNC(=O)c1ccc(CNC[C@@H](O)c2ccc(OCc3ccccc3)c3[nH]c(=O)ccc23)cc1)CCC(C)(C)OC(=O)Nc1ccccc1-c1ccccc1. The Balaban J connectivity index is 0.907. The molecule has 6 rings (SSSR count). The zero-order chi connectivity index (χ0) is 40.9. The van der Waals surface area contributed by atoms with Crippen LogP contribution < -0.4 is 26.2 Å². The van der Waals surface area contributed by atoms with Crippen LogP contribution in [0.4, 0.5) is 10.5 Å². The van der Waals surface area contributed by atoms with Crippen molar-refractivity contribution in [2.45, 2.75) is 45.1 Å². The van der Waals surface area contributed by atoms with Crippen molar-refractivity contribution < 1.29 is 24.2 Å². The van der Waals surface area contributed by atoms with Gasteiger partial charge in [-0.3, -0.25) is 14.9 Å². The van der Waals surface area contributed by atoms with Gasteiger partial charge in [0.05, 0.1) is 17.3 Å². The number of hydrogen-bond donors (Lipinski definition) is 5. The summed E-state index contributed by atoms with van der Waals surface area (Å²) in [6.45, 7) is 6.63. The maximum Gasteiger partial charge on any atom is 0.412 e. The minimum Gasteiger partial charge on any atom is -0.487 e. The Morgan fingerprint density at radius 1 is 0.810 bits per heavy atom. The van der Waals surface area contributed by atoms with Crippen LogP contribution in [0.15, 0.2) is 138 Å². The van der Waals surface area contributed by atoms with Crippen LogP contribution in [0, 0.1) is 0 Å². The molecule has 1 heterocycles. The summed E-state index contributed by atoms with van der Waals surface area (Å²) in [4.78, 5) is 42.9. The van der Waals surface area contributed by atoms with Crippen molar-refractivity contribution >= 4 is 28.6 Å². The summed E-state index contributed by atoms with van der Waals surface area (Å²) in [6, 6.07) is 41.4. The Kier molecular flexibility index (Phi) is 14.1. The van der Waals surface area contributed by atoms with E-state index in [0.717, 1.165) is 22.3 Å². The van der Waals surface area contributed by atoms with Crippen LogP contribution in [0.5, 0.6) is 5.75 Å². The number of pyridine rings is 1. The van der Waals surface area contributed by atoms with Crippen molar-refractivity contribution in [1.29, 1.82) is 0 Å². The van der Waals surface area contributed by atoms with Gasteiger partial charge in [-0.15, -0.1) is 0 Å². The lowest BCUT2D eigenvalue weighted by Crippen LogP contribution is -2.37. The minimum absolute atomic E-state index is 0.166. The molecule has 6 aromatic rings. The van der Waals surface area contributed by atoms with Gasteiger partial charge in [-0.1, -0.05) is 97.1 Å². The molecule has 0 saturated carbocycles. The number of benzene rings is 5. The van der Waals surface area contributed by atoms with E-state index in [4.69, 9.17) is 9.47 Å². The molecule has 0 saturated heterocycles. The number of nitrogens with one attached hydrogen (secondary N) is 4. The normalized spacial score (nSPS) is 11.9. The molecule has 300 valence electrons. The van der Waals surface area contributed by atoms with Gasteiger partial charge in [-0.2, -0.15) is 0 Å². The van der Waals surface area contributed by atoms with Crippen LogP contribution in [0.2, 0.25) is 0 Å². The average molecular weight is 782 g/mol. The number of fused-ring (bicyclic) bond motifs is 1. The average Bonchev–Trinajstić information content (AvgIpc) is 3.23. The number of aliphatic hydroxyl groups is 1. The second-order valence-electron chi connectivity index (χ2n) is 14.9. The smallest absolute Gasteiger partial charge is 0.412 e. The standard InChI is InChI=1S/C47H51N5O6/c1-47(2,58-46(56)50-40-17-11-10-16-37(40)35-14-8-5-9-15-35)26-28-52(3)29-27-49-45(55)36-20-18-33(19-21-36)30-48-31-41(53)38-22-24-42(44-39(38)23-25-43(54)51-44)57-32-34-12-6-4-7-13-34/h4-25,41,48,53H,26-32H2,1-3H3,(H,49,55)(H,50,56)(H,51,54)/t41-/m1/s1. The summed E-state index contributed by atoms with van der Waals surface area (Å²) in [5.41, 5.74) is 5.37. The van der Waals surface area contributed by atoms with E-state index in [1.807, 2.05) is 124 Å². The van der Waals surface area contributed by atoms with E-state index < -0.39 is 17.8 Å². The third-order valence-electron chi connectivity index (χ3n) is 9.86. The molecule has 11 heteroatoms.